The van der Waals surface area contributed by atoms with E-state index < -0.39 is 0 Å². The number of nitrogens with zero attached hydrogens (tertiary/aromatic N) is 3. The van der Waals surface area contributed by atoms with Crippen molar-refractivity contribution in [1.29, 1.82) is 0 Å². The monoisotopic (exact) mass is 469 g/mol. The summed E-state index contributed by atoms with van der Waals surface area (Å²) in [5.74, 6) is 1.27. The molecule has 0 spiro atoms. The average molecular weight is 470 g/mol. The molecule has 0 atom stereocenters. The molecule has 5 rings (SSSR count). The number of carbonyl (C=O) groups is 2. The van der Waals surface area contributed by atoms with Gasteiger partial charge in [0.25, 0.3) is 5.91 Å². The molecule has 0 bridgehead atoms. The summed E-state index contributed by atoms with van der Waals surface area (Å²) in [5, 5.41) is 0. The molecule has 2 aliphatic rings. The minimum atomic E-state index is -0.209. The number of hydrogen-bond donors (Lipinski definition) is 0. The zero-order valence-electron chi connectivity index (χ0n) is 16.2. The van der Waals surface area contributed by atoms with Gasteiger partial charge in [-0.25, -0.2) is 4.98 Å². The van der Waals surface area contributed by atoms with Crippen molar-refractivity contribution in [3.63, 3.8) is 0 Å². The molecular weight excluding hydrogens is 450 g/mol. The summed E-state index contributed by atoms with van der Waals surface area (Å²) in [4.78, 5) is 33.2. The van der Waals surface area contributed by atoms with Crippen molar-refractivity contribution in [3.05, 3.63) is 52.8 Å². The van der Waals surface area contributed by atoms with E-state index >= 15 is 0 Å². The molecule has 2 aromatic carbocycles. The van der Waals surface area contributed by atoms with E-state index in [1.807, 2.05) is 41.3 Å². The molecule has 0 N–H and O–H groups in total. The second-order valence-corrected chi connectivity index (χ2v) is 8.47. The fourth-order valence-corrected chi connectivity index (χ4v) is 4.37. The van der Waals surface area contributed by atoms with Crippen LogP contribution in [0.5, 0.6) is 5.75 Å². The fourth-order valence-electron chi connectivity index (χ4n) is 4.03. The summed E-state index contributed by atoms with van der Waals surface area (Å²) in [5.41, 5.74) is 2.29. The van der Waals surface area contributed by atoms with Gasteiger partial charge in [0.1, 0.15) is 17.8 Å². The highest BCUT2D eigenvalue weighted by Gasteiger charge is 2.31. The molecule has 1 aromatic heterocycles. The van der Waals surface area contributed by atoms with Crippen molar-refractivity contribution in [3.8, 4) is 5.75 Å². The minimum absolute atomic E-state index is 0.0182. The summed E-state index contributed by atoms with van der Waals surface area (Å²) >= 11 is 3.40. The van der Waals surface area contributed by atoms with Gasteiger partial charge in [0.05, 0.1) is 5.69 Å². The number of oxazole rings is 1. The maximum absolute atomic E-state index is 12.9. The van der Waals surface area contributed by atoms with Crippen LogP contribution in [0, 0.1) is 0 Å². The molecule has 0 radical (unpaired) electrons. The van der Waals surface area contributed by atoms with Crippen LogP contribution in [0.25, 0.3) is 11.1 Å². The normalized spacial score (nSPS) is 17.2. The Morgan fingerprint density at radius 3 is 2.77 bits per heavy atom. The number of hydrogen-bond acceptors (Lipinski definition) is 5. The van der Waals surface area contributed by atoms with Crippen LogP contribution >= 0.6 is 15.9 Å². The SMILES string of the molecule is O=C(CN1C(=O)COc2cc(Br)ccc21)N1CCC(c2nc3ccccc3o2)CC1. The van der Waals surface area contributed by atoms with E-state index in [0.29, 0.717) is 24.5 Å². The summed E-state index contributed by atoms with van der Waals surface area (Å²) in [6.07, 6.45) is 1.58. The molecule has 0 saturated carbocycles. The Balaban J connectivity index is 1.24. The van der Waals surface area contributed by atoms with Gasteiger partial charge in [-0.15, -0.1) is 0 Å². The Morgan fingerprint density at radius 1 is 1.17 bits per heavy atom. The molecule has 154 valence electrons. The van der Waals surface area contributed by atoms with Gasteiger partial charge in [0, 0.05) is 23.5 Å². The van der Waals surface area contributed by atoms with Crippen LogP contribution in [0.4, 0.5) is 5.69 Å². The van der Waals surface area contributed by atoms with E-state index in [0.717, 1.165) is 34.3 Å². The lowest BCUT2D eigenvalue weighted by Crippen LogP contribution is -2.48. The predicted octanol–water partition coefficient (Wildman–Crippen LogP) is 3.72. The molecule has 0 aliphatic carbocycles. The van der Waals surface area contributed by atoms with E-state index in [2.05, 4.69) is 20.9 Å². The Labute approximate surface area is 181 Å². The van der Waals surface area contributed by atoms with Crippen LogP contribution in [-0.2, 0) is 9.59 Å². The molecule has 1 fully saturated rings. The van der Waals surface area contributed by atoms with Crippen molar-refractivity contribution < 1.29 is 18.7 Å². The van der Waals surface area contributed by atoms with Gasteiger partial charge in [0.15, 0.2) is 18.1 Å². The van der Waals surface area contributed by atoms with Gasteiger partial charge in [-0.2, -0.15) is 0 Å². The number of ether oxygens (including phenoxy) is 1. The number of piperidine rings is 1. The van der Waals surface area contributed by atoms with Gasteiger partial charge >= 0.3 is 0 Å². The second-order valence-electron chi connectivity index (χ2n) is 7.56. The maximum atomic E-state index is 12.9. The molecular formula is C22H20BrN3O4. The highest BCUT2D eigenvalue weighted by molar-refractivity contribution is 9.10. The quantitative estimate of drug-likeness (QED) is 0.584. The first-order chi connectivity index (χ1) is 14.6. The second kappa shape index (κ2) is 7.75. The zero-order valence-corrected chi connectivity index (χ0v) is 17.8. The number of anilines is 1. The fraction of sp³-hybridized carbons (Fsp3) is 0.318. The maximum Gasteiger partial charge on any atom is 0.265 e. The van der Waals surface area contributed by atoms with Crippen molar-refractivity contribution in [2.24, 2.45) is 0 Å². The number of para-hydroxylation sites is 2. The molecule has 8 heteroatoms. The number of amides is 2. The summed E-state index contributed by atoms with van der Waals surface area (Å²) in [6.45, 7) is 1.20. The lowest BCUT2D eigenvalue weighted by Gasteiger charge is -2.34. The minimum Gasteiger partial charge on any atom is -0.482 e. The molecule has 3 aromatic rings. The molecule has 3 heterocycles. The Hall–Kier alpha value is -2.87. The van der Waals surface area contributed by atoms with Gasteiger partial charge in [-0.1, -0.05) is 28.1 Å². The van der Waals surface area contributed by atoms with E-state index in [4.69, 9.17) is 9.15 Å². The Kier molecular flexibility index (Phi) is 4.94. The summed E-state index contributed by atoms with van der Waals surface area (Å²) in [6, 6.07) is 13.2. The molecule has 7 nitrogen and oxygen atoms in total. The lowest BCUT2D eigenvalue weighted by molar-refractivity contribution is -0.132. The van der Waals surface area contributed by atoms with Crippen LogP contribution in [0.2, 0.25) is 0 Å². The summed E-state index contributed by atoms with van der Waals surface area (Å²) < 4.78 is 12.3. The van der Waals surface area contributed by atoms with Crippen molar-refractivity contribution in [1.82, 2.24) is 9.88 Å². The number of likely N-dealkylation sites (tertiary alicyclic amines) is 1. The Morgan fingerprint density at radius 2 is 1.97 bits per heavy atom. The molecule has 30 heavy (non-hydrogen) atoms. The highest BCUT2D eigenvalue weighted by atomic mass is 79.9. The van der Waals surface area contributed by atoms with E-state index in [1.165, 1.54) is 4.90 Å². The van der Waals surface area contributed by atoms with E-state index in [1.54, 1.807) is 6.07 Å². The van der Waals surface area contributed by atoms with Crippen LogP contribution < -0.4 is 9.64 Å². The van der Waals surface area contributed by atoms with Crippen LogP contribution in [0.15, 0.2) is 51.4 Å². The number of halogens is 1. The van der Waals surface area contributed by atoms with E-state index in [-0.39, 0.29) is 30.9 Å². The number of rotatable bonds is 3. The third-order valence-corrected chi connectivity index (χ3v) is 6.16. The number of carbonyl (C=O) groups excluding carboxylic acids is 2. The average Bonchev–Trinajstić information content (AvgIpc) is 3.20. The zero-order chi connectivity index (χ0) is 20.7. The largest absolute Gasteiger partial charge is 0.482 e. The van der Waals surface area contributed by atoms with Gasteiger partial charge < -0.3 is 14.1 Å². The first-order valence-electron chi connectivity index (χ1n) is 9.94. The number of fused-ring (bicyclic) bond motifs is 2. The van der Waals surface area contributed by atoms with E-state index in [9.17, 15) is 9.59 Å². The Bertz CT molecular complexity index is 1090. The van der Waals surface area contributed by atoms with Crippen molar-refractivity contribution >= 4 is 44.5 Å². The lowest BCUT2D eigenvalue weighted by atomic mass is 9.96. The summed E-state index contributed by atoms with van der Waals surface area (Å²) in [7, 11) is 0. The topological polar surface area (TPSA) is 75.9 Å². The van der Waals surface area contributed by atoms with Gasteiger partial charge in [-0.3, -0.25) is 14.5 Å². The molecule has 0 unspecified atom stereocenters. The molecule has 2 aliphatic heterocycles. The highest BCUT2D eigenvalue weighted by Crippen LogP contribution is 2.35. The van der Waals surface area contributed by atoms with Crippen molar-refractivity contribution in [2.45, 2.75) is 18.8 Å². The van der Waals surface area contributed by atoms with Gasteiger partial charge in [0.2, 0.25) is 5.91 Å². The first-order valence-corrected chi connectivity index (χ1v) is 10.7. The molecule has 2 amide bonds. The predicted molar refractivity (Wildman–Crippen MR) is 115 cm³/mol. The van der Waals surface area contributed by atoms with Crippen LogP contribution in [-0.4, -0.2) is 47.9 Å². The van der Waals surface area contributed by atoms with Crippen molar-refractivity contribution in [2.75, 3.05) is 31.1 Å². The van der Waals surface area contributed by atoms with Crippen LogP contribution in [0.3, 0.4) is 0 Å². The molecule has 1 saturated heterocycles. The number of aromatic nitrogens is 1. The first kappa shape index (κ1) is 19.1. The standard InChI is InChI=1S/C22H20BrN3O4/c23-15-5-6-17-19(11-15)29-13-21(28)26(17)12-20(27)25-9-7-14(8-10-25)22-24-16-3-1-2-4-18(16)30-22/h1-6,11,14H,7-10,12-13H2. The number of benzene rings is 2. The van der Waals surface area contributed by atoms with Gasteiger partial charge in [-0.05, 0) is 43.2 Å². The smallest absolute Gasteiger partial charge is 0.265 e. The van der Waals surface area contributed by atoms with Crippen LogP contribution in [0.1, 0.15) is 24.7 Å². The third-order valence-electron chi connectivity index (χ3n) is 5.67. The third kappa shape index (κ3) is 3.56.